The summed E-state index contributed by atoms with van der Waals surface area (Å²) in [7, 11) is 3.79. The third-order valence-corrected chi connectivity index (χ3v) is 8.95. The summed E-state index contributed by atoms with van der Waals surface area (Å²) in [4.78, 5) is 0. The van der Waals surface area contributed by atoms with Crippen LogP contribution < -0.4 is 0 Å². The van der Waals surface area contributed by atoms with Gasteiger partial charge in [0.25, 0.3) is 0 Å². The Hall–Kier alpha value is -0.120. The van der Waals surface area contributed by atoms with Gasteiger partial charge < -0.3 is 14.6 Å². The molecule has 4 fully saturated rings. The van der Waals surface area contributed by atoms with Crippen LogP contribution in [0.5, 0.6) is 0 Å². The van der Waals surface area contributed by atoms with E-state index in [-0.39, 0.29) is 6.10 Å². The molecule has 0 aromatic rings. The molecular weight excluding hydrogens is 300 g/mol. The van der Waals surface area contributed by atoms with Crippen molar-refractivity contribution in [3.05, 3.63) is 0 Å². The van der Waals surface area contributed by atoms with E-state index in [0.717, 1.165) is 37.2 Å². The van der Waals surface area contributed by atoms with E-state index in [1.165, 1.54) is 44.9 Å². The zero-order chi connectivity index (χ0) is 16.9. The molecular formula is C21H36O3. The van der Waals surface area contributed by atoms with Crippen molar-refractivity contribution in [1.82, 2.24) is 0 Å². The first-order chi connectivity index (χ1) is 11.5. The van der Waals surface area contributed by atoms with Gasteiger partial charge in [0.1, 0.15) is 0 Å². The number of methoxy groups -OCH3 is 2. The van der Waals surface area contributed by atoms with Crippen molar-refractivity contribution in [3.63, 3.8) is 0 Å². The minimum atomic E-state index is -0.0743. The van der Waals surface area contributed by atoms with E-state index in [4.69, 9.17) is 9.47 Å². The molecule has 138 valence electrons. The predicted molar refractivity (Wildman–Crippen MR) is 94.7 cm³/mol. The lowest BCUT2D eigenvalue weighted by molar-refractivity contribution is -0.164. The highest BCUT2D eigenvalue weighted by molar-refractivity contribution is 5.10. The van der Waals surface area contributed by atoms with Gasteiger partial charge in [-0.2, -0.15) is 0 Å². The van der Waals surface area contributed by atoms with Crippen LogP contribution in [0.2, 0.25) is 0 Å². The summed E-state index contributed by atoms with van der Waals surface area (Å²) in [5, 5.41) is 10.2. The van der Waals surface area contributed by atoms with E-state index in [1.54, 1.807) is 0 Å². The van der Waals surface area contributed by atoms with Gasteiger partial charge in [0.15, 0.2) is 0 Å². The molecule has 0 spiro atoms. The van der Waals surface area contributed by atoms with Crippen molar-refractivity contribution in [1.29, 1.82) is 0 Å². The summed E-state index contributed by atoms with van der Waals surface area (Å²) < 4.78 is 11.7. The first-order valence-corrected chi connectivity index (χ1v) is 10.2. The van der Waals surface area contributed by atoms with Gasteiger partial charge in [-0.3, -0.25) is 0 Å². The standard InChI is InChI=1S/C21H36O3/c1-20-10-9-18-16(17(20)6-7-19(20)24-3)5-4-14-12-15(22)8-11-21(14,18)13-23-2/h14-19,22H,4-13H2,1-3H3. The van der Waals surface area contributed by atoms with E-state index in [9.17, 15) is 5.11 Å². The fraction of sp³-hybridized carbons (Fsp3) is 1.00. The molecule has 8 atom stereocenters. The normalized spacial score (nSPS) is 54.0. The van der Waals surface area contributed by atoms with Crippen molar-refractivity contribution in [2.75, 3.05) is 20.8 Å². The lowest BCUT2D eigenvalue weighted by atomic mass is 9.44. The molecule has 0 heterocycles. The fourth-order valence-corrected chi connectivity index (χ4v) is 7.92. The maximum absolute atomic E-state index is 10.2. The van der Waals surface area contributed by atoms with Crippen LogP contribution in [0.1, 0.15) is 64.7 Å². The average Bonchev–Trinajstić information content (AvgIpc) is 2.92. The second-order valence-corrected chi connectivity index (χ2v) is 9.59. The molecule has 1 N–H and O–H groups in total. The Kier molecular flexibility index (Phi) is 4.50. The van der Waals surface area contributed by atoms with Crippen LogP contribution in [0.15, 0.2) is 0 Å². The van der Waals surface area contributed by atoms with Crippen molar-refractivity contribution >= 4 is 0 Å². The van der Waals surface area contributed by atoms with Gasteiger partial charge in [-0.05, 0) is 92.3 Å². The first-order valence-electron chi connectivity index (χ1n) is 10.2. The Morgan fingerprint density at radius 1 is 0.958 bits per heavy atom. The number of aliphatic hydroxyl groups excluding tert-OH is 1. The third kappa shape index (κ3) is 2.34. The van der Waals surface area contributed by atoms with Crippen molar-refractivity contribution < 1.29 is 14.6 Å². The summed E-state index contributed by atoms with van der Waals surface area (Å²) in [5.41, 5.74) is 0.731. The number of hydrogen-bond donors (Lipinski definition) is 1. The number of hydrogen-bond acceptors (Lipinski definition) is 3. The van der Waals surface area contributed by atoms with Crippen LogP contribution in [0.4, 0.5) is 0 Å². The summed E-state index contributed by atoms with van der Waals surface area (Å²) in [6.07, 6.45) is 11.5. The average molecular weight is 337 g/mol. The Labute approximate surface area is 147 Å². The second-order valence-electron chi connectivity index (χ2n) is 9.59. The molecule has 0 aromatic carbocycles. The molecule has 3 heteroatoms. The fourth-order valence-electron chi connectivity index (χ4n) is 7.92. The van der Waals surface area contributed by atoms with Crippen molar-refractivity contribution in [2.24, 2.45) is 34.5 Å². The molecule has 4 aliphatic rings. The molecule has 0 aromatic heterocycles. The van der Waals surface area contributed by atoms with Crippen molar-refractivity contribution in [2.45, 2.75) is 76.9 Å². The van der Waals surface area contributed by atoms with Gasteiger partial charge in [-0.15, -0.1) is 0 Å². The lowest BCUT2D eigenvalue weighted by Crippen LogP contribution is -2.57. The van der Waals surface area contributed by atoms with Gasteiger partial charge >= 0.3 is 0 Å². The molecule has 0 saturated heterocycles. The number of aliphatic hydroxyl groups is 1. The van der Waals surface area contributed by atoms with E-state index >= 15 is 0 Å². The molecule has 4 aliphatic carbocycles. The topological polar surface area (TPSA) is 38.7 Å². The highest BCUT2D eigenvalue weighted by atomic mass is 16.5. The van der Waals surface area contributed by atoms with Crippen LogP contribution in [-0.4, -0.2) is 38.1 Å². The van der Waals surface area contributed by atoms with Gasteiger partial charge in [-0.1, -0.05) is 6.92 Å². The molecule has 8 unspecified atom stereocenters. The highest BCUT2D eigenvalue weighted by Gasteiger charge is 2.61. The van der Waals surface area contributed by atoms with Crippen LogP contribution in [0, 0.1) is 34.5 Å². The predicted octanol–water partition coefficient (Wildman–Crippen LogP) is 4.03. The monoisotopic (exact) mass is 336 g/mol. The largest absolute Gasteiger partial charge is 0.393 e. The smallest absolute Gasteiger partial charge is 0.0627 e. The van der Waals surface area contributed by atoms with Gasteiger partial charge in [0, 0.05) is 14.2 Å². The SMILES string of the molecule is COCC12CCC(O)CC1CCC1C3CCC(OC)C3(C)CCC12. The van der Waals surface area contributed by atoms with Gasteiger partial charge in [0.05, 0.1) is 18.8 Å². The number of fused-ring (bicyclic) bond motifs is 5. The van der Waals surface area contributed by atoms with Crippen LogP contribution in [0.25, 0.3) is 0 Å². The second kappa shape index (κ2) is 6.25. The molecule has 24 heavy (non-hydrogen) atoms. The Balaban J connectivity index is 1.64. The molecule has 4 rings (SSSR count). The summed E-state index contributed by atoms with van der Waals surface area (Å²) in [6, 6.07) is 0. The Bertz CT molecular complexity index is 466. The van der Waals surface area contributed by atoms with E-state index < -0.39 is 0 Å². The summed E-state index contributed by atoms with van der Waals surface area (Å²) in [6.45, 7) is 3.41. The minimum Gasteiger partial charge on any atom is -0.393 e. The first kappa shape index (κ1) is 17.3. The molecule has 0 radical (unpaired) electrons. The zero-order valence-corrected chi connectivity index (χ0v) is 15.8. The lowest BCUT2D eigenvalue weighted by Gasteiger charge is -2.61. The van der Waals surface area contributed by atoms with Gasteiger partial charge in [0.2, 0.25) is 0 Å². The van der Waals surface area contributed by atoms with E-state index in [1.807, 2.05) is 14.2 Å². The van der Waals surface area contributed by atoms with Gasteiger partial charge in [-0.25, -0.2) is 0 Å². The Morgan fingerprint density at radius 2 is 1.79 bits per heavy atom. The summed E-state index contributed by atoms with van der Waals surface area (Å²) >= 11 is 0. The Morgan fingerprint density at radius 3 is 2.54 bits per heavy atom. The molecule has 4 saturated carbocycles. The maximum Gasteiger partial charge on any atom is 0.0627 e. The third-order valence-electron chi connectivity index (χ3n) is 8.95. The van der Waals surface area contributed by atoms with Crippen molar-refractivity contribution in [3.8, 4) is 0 Å². The molecule has 3 nitrogen and oxygen atoms in total. The van der Waals surface area contributed by atoms with E-state index in [0.29, 0.717) is 22.9 Å². The quantitative estimate of drug-likeness (QED) is 0.845. The highest BCUT2D eigenvalue weighted by Crippen LogP contribution is 2.66. The molecule has 0 amide bonds. The maximum atomic E-state index is 10.2. The molecule has 0 bridgehead atoms. The number of rotatable bonds is 3. The van der Waals surface area contributed by atoms with E-state index in [2.05, 4.69) is 6.92 Å². The summed E-state index contributed by atoms with van der Waals surface area (Å²) in [5.74, 6) is 3.16. The molecule has 0 aliphatic heterocycles. The van der Waals surface area contributed by atoms with Crippen LogP contribution >= 0.6 is 0 Å². The number of ether oxygens (including phenoxy) is 2. The van der Waals surface area contributed by atoms with Crippen LogP contribution in [0.3, 0.4) is 0 Å². The minimum absolute atomic E-state index is 0.0743. The van der Waals surface area contributed by atoms with Crippen LogP contribution in [-0.2, 0) is 9.47 Å². The zero-order valence-electron chi connectivity index (χ0n) is 15.8.